The molecule has 6 heteroatoms. The minimum absolute atomic E-state index is 0.186. The van der Waals surface area contributed by atoms with Gasteiger partial charge in [0.15, 0.2) is 0 Å². The first kappa shape index (κ1) is 23.2. The molecule has 4 N–H and O–H groups in total. The lowest BCUT2D eigenvalue weighted by atomic mass is 10.0. The van der Waals surface area contributed by atoms with Crippen LogP contribution in [0.2, 0.25) is 0 Å². The van der Waals surface area contributed by atoms with E-state index in [2.05, 4.69) is 11.8 Å². The number of unbranched alkanes of at least 4 members (excludes halogenated alkanes) is 6. The van der Waals surface area contributed by atoms with E-state index < -0.39 is 24.8 Å². The van der Waals surface area contributed by atoms with Crippen LogP contribution >= 0.6 is 0 Å². The second-order valence-corrected chi connectivity index (χ2v) is 6.44. The summed E-state index contributed by atoms with van der Waals surface area (Å²) in [4.78, 5) is 0. The Balaban J connectivity index is 3.42. The van der Waals surface area contributed by atoms with E-state index in [0.717, 1.165) is 32.1 Å². The van der Waals surface area contributed by atoms with Crippen LogP contribution in [0.5, 0.6) is 0 Å². The van der Waals surface area contributed by atoms with Gasteiger partial charge in [0, 0.05) is 31.7 Å². The molecule has 0 aromatic carbocycles. The number of rotatable bonds is 12. The van der Waals surface area contributed by atoms with E-state index in [1.807, 2.05) is 0 Å². The van der Waals surface area contributed by atoms with Gasteiger partial charge < -0.3 is 15.9 Å². The summed E-state index contributed by atoms with van der Waals surface area (Å²) in [7, 11) is 0. The van der Waals surface area contributed by atoms with E-state index >= 15 is 0 Å². The Morgan fingerprint density at radius 3 is 1.96 bits per heavy atom. The topological polar surface area (TPSA) is 66.5 Å². The largest absolute Gasteiger partial charge is 0.393 e. The highest BCUT2D eigenvalue weighted by atomic mass is 19.4. The summed E-state index contributed by atoms with van der Waals surface area (Å²) < 4.78 is 35.8. The molecule has 0 aliphatic rings. The minimum Gasteiger partial charge on any atom is -0.393 e. The number of hydrogen-bond acceptors (Lipinski definition) is 3. The van der Waals surface area contributed by atoms with Gasteiger partial charge in [-0.3, -0.25) is 0 Å². The molecule has 0 aromatic heterocycles. The maximum absolute atomic E-state index is 11.9. The van der Waals surface area contributed by atoms with Gasteiger partial charge in [-0.15, -0.1) is 11.8 Å². The lowest BCUT2D eigenvalue weighted by Crippen LogP contribution is -2.34. The van der Waals surface area contributed by atoms with Crippen molar-refractivity contribution in [1.29, 1.82) is 0 Å². The van der Waals surface area contributed by atoms with Crippen molar-refractivity contribution in [3.05, 3.63) is 0 Å². The van der Waals surface area contributed by atoms with Crippen LogP contribution in [0.25, 0.3) is 0 Å². The molecule has 3 atom stereocenters. The van der Waals surface area contributed by atoms with Crippen molar-refractivity contribution in [3.8, 4) is 11.8 Å². The number of alkyl halides is 3. The van der Waals surface area contributed by atoms with Crippen molar-refractivity contribution in [2.24, 2.45) is 5.73 Å². The van der Waals surface area contributed by atoms with Crippen LogP contribution in [0.15, 0.2) is 0 Å². The summed E-state index contributed by atoms with van der Waals surface area (Å²) in [5.74, 6) is 6.03. The van der Waals surface area contributed by atoms with E-state index in [4.69, 9.17) is 5.73 Å². The first-order valence-electron chi connectivity index (χ1n) is 8.86. The molecular formula is C18H32F3NO2. The van der Waals surface area contributed by atoms with E-state index in [1.165, 1.54) is 0 Å². The highest BCUT2D eigenvalue weighted by molar-refractivity contribution is 4.98. The molecule has 0 saturated carbocycles. The fraction of sp³-hybridized carbons (Fsp3) is 0.889. The van der Waals surface area contributed by atoms with Crippen molar-refractivity contribution in [2.45, 2.75) is 102 Å². The smallest absolute Gasteiger partial charge is 0.389 e. The Labute approximate surface area is 143 Å². The van der Waals surface area contributed by atoms with Crippen molar-refractivity contribution in [2.75, 3.05) is 0 Å². The van der Waals surface area contributed by atoms with Gasteiger partial charge in [-0.1, -0.05) is 19.3 Å². The first-order valence-corrected chi connectivity index (χ1v) is 8.86. The zero-order valence-electron chi connectivity index (χ0n) is 14.6. The molecule has 0 amide bonds. The van der Waals surface area contributed by atoms with E-state index in [-0.39, 0.29) is 12.5 Å². The van der Waals surface area contributed by atoms with Gasteiger partial charge in [0.1, 0.15) is 0 Å². The highest BCUT2D eigenvalue weighted by Gasteiger charge is 2.25. The lowest BCUT2D eigenvalue weighted by Gasteiger charge is -2.18. The van der Waals surface area contributed by atoms with Crippen LogP contribution in [-0.4, -0.2) is 34.6 Å². The van der Waals surface area contributed by atoms with Gasteiger partial charge in [-0.25, -0.2) is 0 Å². The molecule has 0 aliphatic heterocycles. The SMILES string of the molecule is C[C@H](N)[C@@H](O)C[C@@H](O)CCCCCC#CCCCCCC(F)(F)F. The Bertz CT molecular complexity index is 362. The first-order chi connectivity index (χ1) is 11.2. The Morgan fingerprint density at radius 1 is 0.917 bits per heavy atom. The number of aliphatic hydroxyl groups is 2. The number of aliphatic hydroxyl groups excluding tert-OH is 2. The molecule has 24 heavy (non-hydrogen) atoms. The highest BCUT2D eigenvalue weighted by Crippen LogP contribution is 2.22. The standard InChI is InChI=1S/C18H32F3NO2/c1-15(22)17(24)14-16(23)12-10-8-6-4-2-3-5-7-9-11-13-18(19,20)21/h15-17,23-24H,4-14,22H2,1H3/t15-,16-,17-/m0/s1. The van der Waals surface area contributed by atoms with E-state index in [1.54, 1.807) is 6.92 Å². The van der Waals surface area contributed by atoms with Crippen LogP contribution in [-0.2, 0) is 0 Å². The quantitative estimate of drug-likeness (QED) is 0.369. The molecule has 0 radical (unpaired) electrons. The predicted molar refractivity (Wildman–Crippen MR) is 90.3 cm³/mol. The van der Waals surface area contributed by atoms with Gasteiger partial charge in [-0.2, -0.15) is 13.2 Å². The normalized spacial score (nSPS) is 15.5. The summed E-state index contributed by atoms with van der Waals surface area (Å²) in [6, 6.07) is -0.330. The molecule has 0 aliphatic carbocycles. The fourth-order valence-corrected chi connectivity index (χ4v) is 2.27. The summed E-state index contributed by atoms with van der Waals surface area (Å²) >= 11 is 0. The van der Waals surface area contributed by atoms with Crippen molar-refractivity contribution >= 4 is 0 Å². The Hall–Kier alpha value is -0.770. The van der Waals surface area contributed by atoms with Crippen LogP contribution in [0.1, 0.15) is 77.6 Å². The Kier molecular flexibility index (Phi) is 13.1. The average molecular weight is 351 g/mol. The van der Waals surface area contributed by atoms with Gasteiger partial charge in [-0.05, 0) is 32.6 Å². The molecule has 0 bridgehead atoms. The summed E-state index contributed by atoms with van der Waals surface area (Å²) in [6.45, 7) is 1.71. The van der Waals surface area contributed by atoms with Gasteiger partial charge in [0.25, 0.3) is 0 Å². The van der Waals surface area contributed by atoms with Crippen molar-refractivity contribution < 1.29 is 23.4 Å². The minimum atomic E-state index is -4.04. The molecule has 3 nitrogen and oxygen atoms in total. The second-order valence-electron chi connectivity index (χ2n) is 6.44. The molecule has 0 spiro atoms. The third kappa shape index (κ3) is 16.1. The third-order valence-corrected chi connectivity index (χ3v) is 3.85. The van der Waals surface area contributed by atoms with E-state index in [9.17, 15) is 23.4 Å². The molecule has 0 aromatic rings. The molecule has 0 fully saturated rings. The van der Waals surface area contributed by atoms with Crippen molar-refractivity contribution in [3.63, 3.8) is 0 Å². The third-order valence-electron chi connectivity index (χ3n) is 3.85. The lowest BCUT2D eigenvalue weighted by molar-refractivity contribution is -0.135. The van der Waals surface area contributed by atoms with Gasteiger partial charge >= 0.3 is 6.18 Å². The van der Waals surface area contributed by atoms with Crippen LogP contribution in [0.4, 0.5) is 13.2 Å². The zero-order valence-corrected chi connectivity index (χ0v) is 14.6. The van der Waals surface area contributed by atoms with Gasteiger partial charge in [0.2, 0.25) is 0 Å². The molecule has 0 rings (SSSR count). The molecule has 0 heterocycles. The molecule has 0 unspecified atom stereocenters. The fourth-order valence-electron chi connectivity index (χ4n) is 2.27. The maximum Gasteiger partial charge on any atom is 0.389 e. The summed E-state index contributed by atoms with van der Waals surface area (Å²) in [5, 5.41) is 19.3. The molecular weight excluding hydrogens is 319 g/mol. The van der Waals surface area contributed by atoms with E-state index in [0.29, 0.717) is 25.7 Å². The number of nitrogens with two attached hydrogens (primary N) is 1. The molecule has 0 saturated heterocycles. The second kappa shape index (κ2) is 13.5. The summed E-state index contributed by atoms with van der Waals surface area (Å²) in [5.41, 5.74) is 5.54. The number of hydrogen-bond donors (Lipinski definition) is 3. The van der Waals surface area contributed by atoms with Crippen molar-refractivity contribution in [1.82, 2.24) is 0 Å². The predicted octanol–water partition coefficient (Wildman–Crippen LogP) is 3.91. The maximum atomic E-state index is 11.9. The van der Waals surface area contributed by atoms with Gasteiger partial charge in [0.05, 0.1) is 12.2 Å². The van der Waals surface area contributed by atoms with Crippen LogP contribution in [0, 0.1) is 11.8 Å². The number of halogens is 3. The molecule has 142 valence electrons. The zero-order chi connectivity index (χ0) is 18.4. The average Bonchev–Trinajstić information content (AvgIpc) is 2.47. The summed E-state index contributed by atoms with van der Waals surface area (Å²) in [6.07, 6.45) is 0.737. The monoisotopic (exact) mass is 351 g/mol. The Morgan fingerprint density at radius 2 is 1.46 bits per heavy atom. The van der Waals surface area contributed by atoms with Crippen LogP contribution in [0.3, 0.4) is 0 Å². The van der Waals surface area contributed by atoms with Crippen LogP contribution < -0.4 is 5.73 Å².